The summed E-state index contributed by atoms with van der Waals surface area (Å²) in [5.74, 6) is 1.66. The third-order valence-corrected chi connectivity index (χ3v) is 2.87. The van der Waals surface area contributed by atoms with Crippen molar-refractivity contribution < 1.29 is 9.47 Å². The van der Waals surface area contributed by atoms with Gasteiger partial charge in [-0.3, -0.25) is 0 Å². The predicted molar refractivity (Wildman–Crippen MR) is 74.5 cm³/mol. The van der Waals surface area contributed by atoms with Gasteiger partial charge in [0, 0.05) is 18.3 Å². The molecule has 0 aliphatic carbocycles. The quantitative estimate of drug-likeness (QED) is 0.892. The van der Waals surface area contributed by atoms with Gasteiger partial charge in [0.05, 0.1) is 14.2 Å². The lowest BCUT2D eigenvalue weighted by Crippen LogP contribution is -1.92. The standard InChI is InChI=1S/C15H17NO2/c1-16-12-6-4-5-11(9-12)14-10-13(17-2)7-8-15(14)18-3/h4-10,16H,1-3H3. The molecule has 3 nitrogen and oxygen atoms in total. The summed E-state index contributed by atoms with van der Waals surface area (Å²) in [6.07, 6.45) is 0. The molecule has 2 aromatic rings. The highest BCUT2D eigenvalue weighted by Crippen LogP contribution is 2.34. The molecule has 0 aliphatic heterocycles. The minimum Gasteiger partial charge on any atom is -0.497 e. The van der Waals surface area contributed by atoms with Crippen molar-refractivity contribution in [3.63, 3.8) is 0 Å². The second-order valence-corrected chi connectivity index (χ2v) is 3.90. The van der Waals surface area contributed by atoms with E-state index < -0.39 is 0 Å². The van der Waals surface area contributed by atoms with Gasteiger partial charge in [0.1, 0.15) is 11.5 Å². The molecule has 0 fully saturated rings. The Morgan fingerprint density at radius 1 is 0.944 bits per heavy atom. The van der Waals surface area contributed by atoms with Crippen molar-refractivity contribution in [1.29, 1.82) is 0 Å². The number of nitrogens with one attached hydrogen (secondary N) is 1. The molecular weight excluding hydrogens is 226 g/mol. The average molecular weight is 243 g/mol. The lowest BCUT2D eigenvalue weighted by Gasteiger charge is -2.11. The van der Waals surface area contributed by atoms with Crippen LogP contribution in [0.25, 0.3) is 11.1 Å². The van der Waals surface area contributed by atoms with Crippen molar-refractivity contribution in [1.82, 2.24) is 0 Å². The summed E-state index contributed by atoms with van der Waals surface area (Å²) in [5.41, 5.74) is 3.18. The third kappa shape index (κ3) is 2.40. The van der Waals surface area contributed by atoms with Crippen LogP contribution in [0, 0.1) is 0 Å². The second kappa shape index (κ2) is 5.45. The molecule has 0 aliphatic rings. The van der Waals surface area contributed by atoms with Gasteiger partial charge in [0.15, 0.2) is 0 Å². The number of anilines is 1. The maximum atomic E-state index is 5.40. The maximum absolute atomic E-state index is 5.40. The van der Waals surface area contributed by atoms with Crippen LogP contribution in [0.3, 0.4) is 0 Å². The van der Waals surface area contributed by atoms with Crippen molar-refractivity contribution in [2.75, 3.05) is 26.6 Å². The van der Waals surface area contributed by atoms with Gasteiger partial charge >= 0.3 is 0 Å². The van der Waals surface area contributed by atoms with Crippen LogP contribution in [0.4, 0.5) is 5.69 Å². The molecule has 0 unspecified atom stereocenters. The van der Waals surface area contributed by atoms with Gasteiger partial charge in [0.2, 0.25) is 0 Å². The van der Waals surface area contributed by atoms with Gasteiger partial charge < -0.3 is 14.8 Å². The van der Waals surface area contributed by atoms with E-state index in [9.17, 15) is 0 Å². The molecule has 18 heavy (non-hydrogen) atoms. The van der Waals surface area contributed by atoms with Gasteiger partial charge in [-0.15, -0.1) is 0 Å². The smallest absolute Gasteiger partial charge is 0.126 e. The number of hydrogen-bond donors (Lipinski definition) is 1. The highest BCUT2D eigenvalue weighted by Gasteiger charge is 2.07. The Morgan fingerprint density at radius 2 is 1.78 bits per heavy atom. The Labute approximate surface area is 107 Å². The van der Waals surface area contributed by atoms with Crippen LogP contribution in [0.1, 0.15) is 0 Å². The molecule has 0 spiro atoms. The monoisotopic (exact) mass is 243 g/mol. The van der Waals surface area contributed by atoms with Crippen LogP contribution >= 0.6 is 0 Å². The topological polar surface area (TPSA) is 30.5 Å². The van der Waals surface area contributed by atoms with Crippen LogP contribution in [0.5, 0.6) is 11.5 Å². The zero-order chi connectivity index (χ0) is 13.0. The first kappa shape index (κ1) is 12.3. The molecule has 0 heterocycles. The summed E-state index contributed by atoms with van der Waals surface area (Å²) in [4.78, 5) is 0. The normalized spacial score (nSPS) is 9.94. The Morgan fingerprint density at radius 3 is 2.44 bits per heavy atom. The average Bonchev–Trinajstić information content (AvgIpc) is 2.46. The van der Waals surface area contributed by atoms with E-state index in [0.29, 0.717) is 0 Å². The number of benzene rings is 2. The molecule has 94 valence electrons. The summed E-state index contributed by atoms with van der Waals surface area (Å²) in [5, 5.41) is 3.13. The molecule has 0 aromatic heterocycles. The van der Waals surface area contributed by atoms with Crippen LogP contribution in [0.2, 0.25) is 0 Å². The first-order chi connectivity index (χ1) is 8.78. The van der Waals surface area contributed by atoms with E-state index in [0.717, 1.165) is 28.3 Å². The van der Waals surface area contributed by atoms with Gasteiger partial charge in [-0.2, -0.15) is 0 Å². The van der Waals surface area contributed by atoms with E-state index >= 15 is 0 Å². The van der Waals surface area contributed by atoms with E-state index in [1.165, 1.54) is 0 Å². The SMILES string of the molecule is CNc1cccc(-c2cc(OC)ccc2OC)c1. The number of rotatable bonds is 4. The summed E-state index contributed by atoms with van der Waals surface area (Å²) in [6, 6.07) is 14.0. The van der Waals surface area contributed by atoms with Gasteiger partial charge in [-0.05, 0) is 35.9 Å². The molecule has 0 bridgehead atoms. The van der Waals surface area contributed by atoms with Crippen LogP contribution in [0.15, 0.2) is 42.5 Å². The van der Waals surface area contributed by atoms with Gasteiger partial charge in [-0.1, -0.05) is 12.1 Å². The molecule has 0 atom stereocenters. The summed E-state index contributed by atoms with van der Waals surface area (Å²) in [7, 11) is 5.24. The lowest BCUT2D eigenvalue weighted by molar-refractivity contribution is 0.404. The minimum absolute atomic E-state index is 0.820. The van der Waals surface area contributed by atoms with E-state index in [4.69, 9.17) is 9.47 Å². The Balaban J connectivity index is 2.53. The lowest BCUT2D eigenvalue weighted by atomic mass is 10.0. The first-order valence-electron chi connectivity index (χ1n) is 5.78. The summed E-state index contributed by atoms with van der Waals surface area (Å²) in [6.45, 7) is 0. The summed E-state index contributed by atoms with van der Waals surface area (Å²) >= 11 is 0. The first-order valence-corrected chi connectivity index (χ1v) is 5.78. The fourth-order valence-electron chi connectivity index (χ4n) is 1.88. The minimum atomic E-state index is 0.820. The molecule has 2 aromatic carbocycles. The molecule has 0 radical (unpaired) electrons. The van der Waals surface area contributed by atoms with E-state index in [1.54, 1.807) is 14.2 Å². The zero-order valence-corrected chi connectivity index (χ0v) is 10.9. The fraction of sp³-hybridized carbons (Fsp3) is 0.200. The number of methoxy groups -OCH3 is 2. The van der Waals surface area contributed by atoms with Crippen molar-refractivity contribution in [3.8, 4) is 22.6 Å². The zero-order valence-electron chi connectivity index (χ0n) is 10.9. The highest BCUT2D eigenvalue weighted by atomic mass is 16.5. The van der Waals surface area contributed by atoms with Crippen molar-refractivity contribution >= 4 is 5.69 Å². The molecular formula is C15H17NO2. The largest absolute Gasteiger partial charge is 0.497 e. The Hall–Kier alpha value is -2.16. The highest BCUT2D eigenvalue weighted by molar-refractivity contribution is 5.74. The van der Waals surface area contributed by atoms with E-state index in [2.05, 4.69) is 17.4 Å². The van der Waals surface area contributed by atoms with Crippen molar-refractivity contribution in [2.45, 2.75) is 0 Å². The Kier molecular flexibility index (Phi) is 3.72. The van der Waals surface area contributed by atoms with Crippen molar-refractivity contribution in [3.05, 3.63) is 42.5 Å². The molecule has 0 saturated carbocycles. The summed E-state index contributed by atoms with van der Waals surface area (Å²) < 4.78 is 10.7. The van der Waals surface area contributed by atoms with Gasteiger partial charge in [0.25, 0.3) is 0 Å². The molecule has 0 amide bonds. The van der Waals surface area contributed by atoms with Gasteiger partial charge in [-0.25, -0.2) is 0 Å². The third-order valence-electron chi connectivity index (χ3n) is 2.87. The molecule has 3 heteroatoms. The molecule has 0 saturated heterocycles. The van der Waals surface area contributed by atoms with Crippen LogP contribution in [-0.4, -0.2) is 21.3 Å². The number of hydrogen-bond acceptors (Lipinski definition) is 3. The number of ether oxygens (including phenoxy) is 2. The predicted octanol–water partition coefficient (Wildman–Crippen LogP) is 3.41. The molecule has 2 rings (SSSR count). The second-order valence-electron chi connectivity index (χ2n) is 3.90. The van der Waals surface area contributed by atoms with Crippen LogP contribution < -0.4 is 14.8 Å². The van der Waals surface area contributed by atoms with Crippen LogP contribution in [-0.2, 0) is 0 Å². The van der Waals surface area contributed by atoms with Crippen molar-refractivity contribution in [2.24, 2.45) is 0 Å². The Bertz CT molecular complexity index is 538. The fourth-order valence-corrected chi connectivity index (χ4v) is 1.88. The van der Waals surface area contributed by atoms with E-state index in [-0.39, 0.29) is 0 Å². The maximum Gasteiger partial charge on any atom is 0.126 e. The molecule has 1 N–H and O–H groups in total. The van der Waals surface area contributed by atoms with E-state index in [1.807, 2.05) is 37.4 Å².